The van der Waals surface area contributed by atoms with Crippen LogP contribution < -0.4 is 4.90 Å². The van der Waals surface area contributed by atoms with Crippen molar-refractivity contribution >= 4 is 39.7 Å². The van der Waals surface area contributed by atoms with Gasteiger partial charge in [-0.25, -0.2) is 9.97 Å². The number of hydrogen-bond acceptors (Lipinski definition) is 4. The van der Waals surface area contributed by atoms with E-state index in [9.17, 15) is 0 Å². The molecular formula is C20H13N3S. The third-order valence-electron chi connectivity index (χ3n) is 4.18. The molecule has 0 amide bonds. The van der Waals surface area contributed by atoms with E-state index in [1.807, 2.05) is 18.0 Å². The Bertz CT molecular complexity index is 1020. The minimum Gasteiger partial charge on any atom is -0.308 e. The van der Waals surface area contributed by atoms with Gasteiger partial charge in [-0.2, -0.15) is 0 Å². The van der Waals surface area contributed by atoms with Crippen LogP contribution in [0.3, 0.4) is 0 Å². The summed E-state index contributed by atoms with van der Waals surface area (Å²) in [5, 5.41) is 1.05. The lowest BCUT2D eigenvalue weighted by Crippen LogP contribution is -2.14. The summed E-state index contributed by atoms with van der Waals surface area (Å²) in [5.41, 5.74) is 4.47. The zero-order valence-electron chi connectivity index (χ0n) is 12.8. The van der Waals surface area contributed by atoms with Crippen molar-refractivity contribution in [3.63, 3.8) is 0 Å². The standard InChI is InChI=1S/C20H13N3S/c1-3-7-19-17(5-1)23(18-6-2-4-8-20(18)24-19)15-10-9-14-12-21-13-22-16(14)11-15/h1-13H. The molecule has 4 aromatic rings. The second-order valence-corrected chi connectivity index (χ2v) is 6.72. The van der Waals surface area contributed by atoms with Gasteiger partial charge >= 0.3 is 0 Å². The molecular weight excluding hydrogens is 314 g/mol. The molecule has 2 heterocycles. The van der Waals surface area contributed by atoms with Crippen molar-refractivity contribution in [2.24, 2.45) is 0 Å². The zero-order valence-corrected chi connectivity index (χ0v) is 13.6. The average Bonchev–Trinajstić information content (AvgIpc) is 2.65. The van der Waals surface area contributed by atoms with E-state index in [4.69, 9.17) is 0 Å². The normalized spacial score (nSPS) is 12.8. The van der Waals surface area contributed by atoms with Crippen LogP contribution in [0.4, 0.5) is 17.1 Å². The van der Waals surface area contributed by atoms with Gasteiger partial charge in [-0.15, -0.1) is 0 Å². The lowest BCUT2D eigenvalue weighted by atomic mass is 10.1. The highest BCUT2D eigenvalue weighted by molar-refractivity contribution is 7.99. The highest BCUT2D eigenvalue weighted by atomic mass is 32.2. The monoisotopic (exact) mass is 327 g/mol. The molecule has 0 spiro atoms. The fourth-order valence-corrected chi connectivity index (χ4v) is 4.14. The SMILES string of the molecule is c1ccc2c(c1)Sc1ccccc1N2c1ccc2cncnc2c1. The van der Waals surface area contributed by atoms with Gasteiger partial charge in [0.15, 0.2) is 0 Å². The van der Waals surface area contributed by atoms with E-state index in [-0.39, 0.29) is 0 Å². The maximum atomic E-state index is 4.41. The fourth-order valence-electron chi connectivity index (χ4n) is 3.08. The predicted octanol–water partition coefficient (Wildman–Crippen LogP) is 5.56. The van der Waals surface area contributed by atoms with Gasteiger partial charge in [-0.3, -0.25) is 0 Å². The highest BCUT2D eigenvalue weighted by Gasteiger charge is 2.24. The Hall–Kier alpha value is -2.85. The molecule has 3 nitrogen and oxygen atoms in total. The number of benzene rings is 3. The number of para-hydroxylation sites is 2. The van der Waals surface area contributed by atoms with E-state index in [1.54, 1.807) is 6.33 Å². The van der Waals surface area contributed by atoms with Gasteiger partial charge in [-0.1, -0.05) is 36.0 Å². The Morgan fingerprint density at radius 2 is 1.50 bits per heavy atom. The molecule has 1 aliphatic heterocycles. The fraction of sp³-hybridized carbons (Fsp3) is 0. The van der Waals surface area contributed by atoms with Crippen molar-refractivity contribution in [3.8, 4) is 0 Å². The summed E-state index contributed by atoms with van der Waals surface area (Å²) in [7, 11) is 0. The van der Waals surface area contributed by atoms with Crippen LogP contribution in [0.2, 0.25) is 0 Å². The summed E-state index contributed by atoms with van der Waals surface area (Å²) in [6.45, 7) is 0. The number of aromatic nitrogens is 2. The van der Waals surface area contributed by atoms with Crippen LogP contribution in [0.15, 0.2) is 89.0 Å². The predicted molar refractivity (Wildman–Crippen MR) is 98.3 cm³/mol. The molecule has 0 aliphatic carbocycles. The van der Waals surface area contributed by atoms with Gasteiger partial charge in [0.1, 0.15) is 6.33 Å². The summed E-state index contributed by atoms with van der Waals surface area (Å²) >= 11 is 1.82. The lowest BCUT2D eigenvalue weighted by Gasteiger charge is -2.32. The molecule has 0 atom stereocenters. The van der Waals surface area contributed by atoms with Crippen LogP contribution in [-0.4, -0.2) is 9.97 Å². The molecule has 0 unspecified atom stereocenters. The third-order valence-corrected chi connectivity index (χ3v) is 5.31. The Morgan fingerprint density at radius 1 is 0.792 bits per heavy atom. The summed E-state index contributed by atoms with van der Waals surface area (Å²) in [6, 6.07) is 23.4. The largest absolute Gasteiger partial charge is 0.308 e. The molecule has 4 heteroatoms. The van der Waals surface area contributed by atoms with E-state index in [0.29, 0.717) is 0 Å². The second kappa shape index (κ2) is 5.35. The summed E-state index contributed by atoms with van der Waals surface area (Å²) in [5.74, 6) is 0. The minimum absolute atomic E-state index is 0.954. The number of nitrogens with zero attached hydrogens (tertiary/aromatic N) is 3. The Balaban J connectivity index is 1.77. The van der Waals surface area contributed by atoms with Crippen molar-refractivity contribution in [2.45, 2.75) is 9.79 Å². The Kier molecular flexibility index (Phi) is 3.03. The number of fused-ring (bicyclic) bond motifs is 3. The van der Waals surface area contributed by atoms with Gasteiger partial charge in [0.2, 0.25) is 0 Å². The van der Waals surface area contributed by atoms with Crippen LogP contribution in [0.1, 0.15) is 0 Å². The molecule has 0 bridgehead atoms. The molecule has 24 heavy (non-hydrogen) atoms. The maximum absolute atomic E-state index is 4.41. The number of rotatable bonds is 1. The first-order chi connectivity index (χ1) is 11.9. The quantitative estimate of drug-likeness (QED) is 0.403. The molecule has 0 N–H and O–H groups in total. The lowest BCUT2D eigenvalue weighted by molar-refractivity contribution is 1.16. The summed E-state index contributed by atoms with van der Waals surface area (Å²) in [6.07, 6.45) is 3.44. The van der Waals surface area contributed by atoms with Crippen LogP contribution in [0.5, 0.6) is 0 Å². The van der Waals surface area contributed by atoms with Crippen molar-refractivity contribution in [3.05, 3.63) is 79.3 Å². The van der Waals surface area contributed by atoms with Crippen molar-refractivity contribution in [1.82, 2.24) is 9.97 Å². The van der Waals surface area contributed by atoms with Crippen LogP contribution in [0, 0.1) is 0 Å². The molecule has 0 saturated carbocycles. The first kappa shape index (κ1) is 13.6. The van der Waals surface area contributed by atoms with Crippen LogP contribution in [-0.2, 0) is 0 Å². The topological polar surface area (TPSA) is 29.0 Å². The van der Waals surface area contributed by atoms with Gasteiger partial charge in [-0.05, 0) is 42.5 Å². The first-order valence-corrected chi connectivity index (χ1v) is 8.58. The number of hydrogen-bond donors (Lipinski definition) is 0. The van der Waals surface area contributed by atoms with E-state index >= 15 is 0 Å². The van der Waals surface area contributed by atoms with Gasteiger partial charge < -0.3 is 4.90 Å². The zero-order chi connectivity index (χ0) is 15.9. The molecule has 5 rings (SSSR count). The van der Waals surface area contributed by atoms with Crippen molar-refractivity contribution in [2.75, 3.05) is 4.90 Å². The summed E-state index contributed by atoms with van der Waals surface area (Å²) in [4.78, 5) is 13.3. The average molecular weight is 327 g/mol. The highest BCUT2D eigenvalue weighted by Crippen LogP contribution is 2.51. The molecule has 1 aromatic heterocycles. The minimum atomic E-state index is 0.954. The van der Waals surface area contributed by atoms with E-state index in [0.717, 1.165) is 16.6 Å². The Labute approximate surface area is 144 Å². The molecule has 3 aromatic carbocycles. The smallest absolute Gasteiger partial charge is 0.116 e. The van der Waals surface area contributed by atoms with Crippen molar-refractivity contribution in [1.29, 1.82) is 0 Å². The van der Waals surface area contributed by atoms with E-state index < -0.39 is 0 Å². The molecule has 1 aliphatic rings. The van der Waals surface area contributed by atoms with E-state index in [1.165, 1.54) is 21.2 Å². The van der Waals surface area contributed by atoms with E-state index in [2.05, 4.69) is 81.6 Å². The van der Waals surface area contributed by atoms with Gasteiger partial charge in [0, 0.05) is 27.1 Å². The van der Waals surface area contributed by atoms with Crippen LogP contribution >= 0.6 is 11.8 Å². The molecule has 0 fully saturated rings. The van der Waals surface area contributed by atoms with Gasteiger partial charge in [0.05, 0.1) is 16.9 Å². The van der Waals surface area contributed by atoms with Crippen LogP contribution in [0.25, 0.3) is 10.9 Å². The number of anilines is 3. The van der Waals surface area contributed by atoms with Gasteiger partial charge in [0.25, 0.3) is 0 Å². The Morgan fingerprint density at radius 3 is 2.25 bits per heavy atom. The molecule has 114 valence electrons. The first-order valence-electron chi connectivity index (χ1n) is 7.76. The molecule has 0 saturated heterocycles. The molecule has 0 radical (unpaired) electrons. The third kappa shape index (κ3) is 2.07. The van der Waals surface area contributed by atoms with Crippen molar-refractivity contribution < 1.29 is 0 Å². The maximum Gasteiger partial charge on any atom is 0.116 e. The second-order valence-electron chi connectivity index (χ2n) is 5.64. The summed E-state index contributed by atoms with van der Waals surface area (Å²) < 4.78 is 0.